The molecule has 1 atom stereocenters. The summed E-state index contributed by atoms with van der Waals surface area (Å²) in [6.45, 7) is 9.50. The number of likely N-dealkylation sites (tertiary alicyclic amines) is 1. The predicted octanol–water partition coefficient (Wildman–Crippen LogP) is 1.17. The highest BCUT2D eigenvalue weighted by molar-refractivity contribution is 7.89. The molecule has 5 nitrogen and oxygen atoms in total. The van der Waals surface area contributed by atoms with Gasteiger partial charge in [0.05, 0.1) is 5.75 Å². The van der Waals surface area contributed by atoms with Crippen molar-refractivity contribution in [3.05, 3.63) is 0 Å². The Morgan fingerprint density at radius 2 is 2.00 bits per heavy atom. The van der Waals surface area contributed by atoms with Gasteiger partial charge in [-0.3, -0.25) is 0 Å². The molecule has 1 aliphatic rings. The highest BCUT2D eigenvalue weighted by Crippen LogP contribution is 2.15. The molecule has 1 saturated heterocycles. The molecule has 0 spiro atoms. The van der Waals surface area contributed by atoms with Gasteiger partial charge >= 0.3 is 0 Å². The summed E-state index contributed by atoms with van der Waals surface area (Å²) in [5.41, 5.74) is 0. The molecular weight excluding hydrogens is 274 g/mol. The number of sulfonamides is 1. The molecular formula is C14H31N3O2S. The van der Waals surface area contributed by atoms with Crippen LogP contribution in [0.2, 0.25) is 0 Å². The Morgan fingerprint density at radius 1 is 1.25 bits per heavy atom. The van der Waals surface area contributed by atoms with Crippen LogP contribution in [0.3, 0.4) is 0 Å². The van der Waals surface area contributed by atoms with Crippen LogP contribution in [-0.2, 0) is 10.0 Å². The van der Waals surface area contributed by atoms with Crippen LogP contribution in [0.1, 0.15) is 46.5 Å². The SMILES string of the molecule is CC(C)NCCS(=O)(=O)NCCCN1CCCCC1C. The monoisotopic (exact) mass is 305 g/mol. The van der Waals surface area contributed by atoms with Crippen LogP contribution in [0.5, 0.6) is 0 Å². The summed E-state index contributed by atoms with van der Waals surface area (Å²) in [5, 5.41) is 3.12. The van der Waals surface area contributed by atoms with E-state index in [-0.39, 0.29) is 5.75 Å². The van der Waals surface area contributed by atoms with E-state index < -0.39 is 10.0 Å². The quantitative estimate of drug-likeness (QED) is 0.628. The second kappa shape index (κ2) is 8.97. The van der Waals surface area contributed by atoms with Crippen molar-refractivity contribution in [2.75, 3.05) is 31.9 Å². The summed E-state index contributed by atoms with van der Waals surface area (Å²) < 4.78 is 26.2. The Hall–Kier alpha value is -0.170. The lowest BCUT2D eigenvalue weighted by atomic mass is 10.0. The highest BCUT2D eigenvalue weighted by Gasteiger charge is 2.17. The first-order valence-corrected chi connectivity index (χ1v) is 9.51. The van der Waals surface area contributed by atoms with Gasteiger partial charge < -0.3 is 10.2 Å². The molecule has 1 aliphatic heterocycles. The Labute approximate surface area is 124 Å². The zero-order valence-corrected chi connectivity index (χ0v) is 14.0. The van der Waals surface area contributed by atoms with Gasteiger partial charge in [0.15, 0.2) is 0 Å². The van der Waals surface area contributed by atoms with Crippen molar-refractivity contribution >= 4 is 10.0 Å². The largest absolute Gasteiger partial charge is 0.313 e. The molecule has 1 heterocycles. The maximum atomic E-state index is 11.8. The second-order valence-corrected chi connectivity index (χ2v) is 7.98. The lowest BCUT2D eigenvalue weighted by molar-refractivity contribution is 0.159. The van der Waals surface area contributed by atoms with E-state index in [1.807, 2.05) is 13.8 Å². The third-order valence-corrected chi connectivity index (χ3v) is 5.19. The van der Waals surface area contributed by atoms with Gasteiger partial charge in [0.25, 0.3) is 0 Å². The highest BCUT2D eigenvalue weighted by atomic mass is 32.2. The molecule has 20 heavy (non-hydrogen) atoms. The number of hydrogen-bond donors (Lipinski definition) is 2. The smallest absolute Gasteiger partial charge is 0.212 e. The minimum atomic E-state index is -3.12. The zero-order chi connectivity index (χ0) is 15.0. The number of nitrogens with zero attached hydrogens (tertiary/aromatic N) is 1. The summed E-state index contributed by atoms with van der Waals surface area (Å²) in [6, 6.07) is 0.974. The van der Waals surface area contributed by atoms with Gasteiger partial charge in [-0.2, -0.15) is 0 Å². The van der Waals surface area contributed by atoms with Crippen LogP contribution in [0, 0.1) is 0 Å². The Balaban J connectivity index is 2.13. The van der Waals surface area contributed by atoms with Crippen LogP contribution in [0.4, 0.5) is 0 Å². The van der Waals surface area contributed by atoms with Gasteiger partial charge in [-0.25, -0.2) is 13.1 Å². The summed E-state index contributed by atoms with van der Waals surface area (Å²) in [5.74, 6) is 0.158. The number of hydrogen-bond acceptors (Lipinski definition) is 4. The summed E-state index contributed by atoms with van der Waals surface area (Å²) in [6.07, 6.45) is 4.76. The number of piperidine rings is 1. The van der Waals surface area contributed by atoms with E-state index >= 15 is 0 Å². The molecule has 0 aromatic heterocycles. The van der Waals surface area contributed by atoms with Crippen LogP contribution in [-0.4, -0.2) is 57.3 Å². The third-order valence-electron chi connectivity index (χ3n) is 3.81. The average Bonchev–Trinajstić information content (AvgIpc) is 2.36. The summed E-state index contributed by atoms with van der Waals surface area (Å²) >= 11 is 0. The van der Waals surface area contributed by atoms with Gasteiger partial charge in [-0.05, 0) is 39.3 Å². The fraction of sp³-hybridized carbons (Fsp3) is 1.00. The maximum Gasteiger partial charge on any atom is 0.212 e. The molecule has 0 bridgehead atoms. The fourth-order valence-corrected chi connectivity index (χ4v) is 3.54. The topological polar surface area (TPSA) is 61.4 Å². The Kier molecular flexibility index (Phi) is 8.02. The van der Waals surface area contributed by atoms with Crippen LogP contribution in [0.25, 0.3) is 0 Å². The fourth-order valence-electron chi connectivity index (χ4n) is 2.55. The first kappa shape index (κ1) is 17.9. The molecule has 6 heteroatoms. The van der Waals surface area contributed by atoms with E-state index in [2.05, 4.69) is 21.9 Å². The lowest BCUT2D eigenvalue weighted by Gasteiger charge is -2.33. The van der Waals surface area contributed by atoms with Gasteiger partial charge in [0, 0.05) is 25.2 Å². The van der Waals surface area contributed by atoms with Crippen molar-refractivity contribution in [2.45, 2.75) is 58.5 Å². The molecule has 0 aliphatic carbocycles. The molecule has 0 amide bonds. The van der Waals surface area contributed by atoms with Crippen molar-refractivity contribution in [1.29, 1.82) is 0 Å². The minimum Gasteiger partial charge on any atom is -0.313 e. The first-order chi connectivity index (χ1) is 9.41. The van der Waals surface area contributed by atoms with Crippen LogP contribution in [0.15, 0.2) is 0 Å². The second-order valence-electron chi connectivity index (χ2n) is 6.06. The molecule has 1 fully saturated rings. The number of nitrogens with one attached hydrogen (secondary N) is 2. The predicted molar refractivity (Wildman–Crippen MR) is 84.4 cm³/mol. The molecule has 0 aromatic rings. The van der Waals surface area contributed by atoms with E-state index in [0.717, 1.165) is 19.5 Å². The lowest BCUT2D eigenvalue weighted by Crippen LogP contribution is -2.40. The molecule has 0 radical (unpaired) electrons. The van der Waals surface area contributed by atoms with Gasteiger partial charge in [-0.15, -0.1) is 0 Å². The van der Waals surface area contributed by atoms with E-state index in [4.69, 9.17) is 0 Å². The molecule has 0 saturated carbocycles. The Bertz CT molecular complexity index is 357. The average molecular weight is 305 g/mol. The molecule has 2 N–H and O–H groups in total. The van der Waals surface area contributed by atoms with Crippen molar-refractivity contribution in [2.24, 2.45) is 0 Å². The first-order valence-electron chi connectivity index (χ1n) is 7.85. The minimum absolute atomic E-state index is 0.158. The third kappa shape index (κ3) is 7.57. The summed E-state index contributed by atoms with van der Waals surface area (Å²) in [7, 11) is -3.12. The van der Waals surface area contributed by atoms with Gasteiger partial charge in [0.1, 0.15) is 0 Å². The van der Waals surface area contributed by atoms with Crippen LogP contribution < -0.4 is 10.0 Å². The summed E-state index contributed by atoms with van der Waals surface area (Å²) in [4.78, 5) is 2.47. The molecule has 1 unspecified atom stereocenters. The molecule has 1 rings (SSSR count). The normalized spacial score (nSPS) is 21.5. The van der Waals surface area contributed by atoms with Gasteiger partial charge in [-0.1, -0.05) is 20.3 Å². The standard InChI is InChI=1S/C14H31N3O2S/c1-13(2)15-9-12-20(18,19)16-8-6-11-17-10-5-4-7-14(17)3/h13-16H,4-12H2,1-3H3. The van der Waals surface area contributed by atoms with Gasteiger partial charge in [0.2, 0.25) is 10.0 Å². The zero-order valence-electron chi connectivity index (χ0n) is 13.2. The van der Waals surface area contributed by atoms with Crippen molar-refractivity contribution in [3.8, 4) is 0 Å². The van der Waals surface area contributed by atoms with E-state index in [9.17, 15) is 8.42 Å². The van der Waals surface area contributed by atoms with Crippen molar-refractivity contribution in [1.82, 2.24) is 14.9 Å². The molecule has 0 aromatic carbocycles. The molecule has 120 valence electrons. The van der Waals surface area contributed by atoms with E-state index in [1.54, 1.807) is 0 Å². The van der Waals surface area contributed by atoms with E-state index in [0.29, 0.717) is 25.2 Å². The Morgan fingerprint density at radius 3 is 2.65 bits per heavy atom. The van der Waals surface area contributed by atoms with Crippen molar-refractivity contribution < 1.29 is 8.42 Å². The van der Waals surface area contributed by atoms with Crippen LogP contribution >= 0.6 is 0 Å². The van der Waals surface area contributed by atoms with E-state index in [1.165, 1.54) is 19.3 Å². The number of rotatable bonds is 9. The van der Waals surface area contributed by atoms with Crippen molar-refractivity contribution in [3.63, 3.8) is 0 Å². The maximum absolute atomic E-state index is 11.8.